The standard InChI is InChI=1S/C26H25FN6O3/c1-4-23(34)30-20-13-18(8-9-22(20)36-11-10-33(2)3)29-26-28-15-21-25(32-26)19(14-24(35)31-21)16-6-5-7-17(27)12-16/h4-9,12-15H,1,10-11H2,2-3H3,(H,30,34)(H,31,35)(H,28,29,32). The van der Waals surface area contributed by atoms with E-state index in [1.807, 2.05) is 19.0 Å². The van der Waals surface area contributed by atoms with Crippen molar-refractivity contribution in [3.8, 4) is 16.9 Å². The molecule has 0 unspecified atom stereocenters. The van der Waals surface area contributed by atoms with Crippen molar-refractivity contribution in [1.82, 2.24) is 19.9 Å². The summed E-state index contributed by atoms with van der Waals surface area (Å²) in [7, 11) is 3.88. The molecular formula is C26H25FN6O3. The summed E-state index contributed by atoms with van der Waals surface area (Å²) in [6.07, 6.45) is 2.65. The lowest BCUT2D eigenvalue weighted by atomic mass is 10.1. The van der Waals surface area contributed by atoms with Crippen LogP contribution in [-0.4, -0.2) is 53.0 Å². The Labute approximate surface area is 206 Å². The monoisotopic (exact) mass is 488 g/mol. The number of likely N-dealkylation sites (N-methyl/N-ethyl adjacent to an activating group) is 1. The van der Waals surface area contributed by atoms with Crippen LogP contribution in [-0.2, 0) is 4.79 Å². The number of H-pyrrole nitrogens is 1. The van der Waals surface area contributed by atoms with Gasteiger partial charge >= 0.3 is 0 Å². The van der Waals surface area contributed by atoms with Crippen LogP contribution in [0.15, 0.2) is 72.2 Å². The number of aromatic amines is 1. The van der Waals surface area contributed by atoms with Gasteiger partial charge in [0, 0.05) is 23.9 Å². The molecule has 36 heavy (non-hydrogen) atoms. The maximum Gasteiger partial charge on any atom is 0.249 e. The van der Waals surface area contributed by atoms with Crippen LogP contribution in [0.4, 0.5) is 21.7 Å². The van der Waals surface area contributed by atoms with Gasteiger partial charge in [0.25, 0.3) is 0 Å². The van der Waals surface area contributed by atoms with Gasteiger partial charge in [-0.3, -0.25) is 9.59 Å². The van der Waals surface area contributed by atoms with Gasteiger partial charge < -0.3 is 25.3 Å². The average molecular weight is 489 g/mol. The first-order valence-electron chi connectivity index (χ1n) is 11.1. The smallest absolute Gasteiger partial charge is 0.249 e. The van der Waals surface area contributed by atoms with Crippen LogP contribution < -0.4 is 20.9 Å². The minimum absolute atomic E-state index is 0.245. The van der Waals surface area contributed by atoms with Crippen LogP contribution in [0, 0.1) is 5.82 Å². The third-order valence-corrected chi connectivity index (χ3v) is 5.19. The fraction of sp³-hybridized carbons (Fsp3) is 0.154. The average Bonchev–Trinajstić information content (AvgIpc) is 2.84. The Morgan fingerprint density at radius 3 is 2.81 bits per heavy atom. The van der Waals surface area contributed by atoms with E-state index >= 15 is 0 Å². The summed E-state index contributed by atoms with van der Waals surface area (Å²) in [5, 5.41) is 5.85. The Kier molecular flexibility index (Phi) is 7.36. The molecule has 0 saturated heterocycles. The summed E-state index contributed by atoms with van der Waals surface area (Å²) in [5.41, 5.74) is 2.54. The fourth-order valence-corrected chi connectivity index (χ4v) is 3.47. The normalized spacial score (nSPS) is 10.9. The number of anilines is 3. The lowest BCUT2D eigenvalue weighted by Gasteiger charge is -2.16. The molecule has 2 aromatic heterocycles. The molecule has 0 saturated carbocycles. The van der Waals surface area contributed by atoms with E-state index in [-0.39, 0.29) is 17.4 Å². The predicted molar refractivity (Wildman–Crippen MR) is 138 cm³/mol. The third kappa shape index (κ3) is 5.91. The fourth-order valence-electron chi connectivity index (χ4n) is 3.47. The molecule has 0 bridgehead atoms. The Morgan fingerprint density at radius 1 is 1.22 bits per heavy atom. The largest absolute Gasteiger partial charge is 0.490 e. The topological polar surface area (TPSA) is 112 Å². The first kappa shape index (κ1) is 24.6. The summed E-state index contributed by atoms with van der Waals surface area (Å²) in [6, 6.07) is 12.5. The molecule has 9 nitrogen and oxygen atoms in total. The molecule has 184 valence electrons. The highest BCUT2D eigenvalue weighted by Crippen LogP contribution is 2.30. The van der Waals surface area contributed by atoms with E-state index in [4.69, 9.17) is 4.74 Å². The van der Waals surface area contributed by atoms with Gasteiger partial charge in [-0.05, 0) is 56.1 Å². The van der Waals surface area contributed by atoms with Crippen LogP contribution in [0.3, 0.4) is 0 Å². The Balaban J connectivity index is 1.68. The SMILES string of the molecule is C=CC(=O)Nc1cc(Nc2ncc3[nH]c(=O)cc(-c4cccc(F)c4)c3n2)ccc1OCCN(C)C. The highest BCUT2D eigenvalue weighted by atomic mass is 19.1. The Morgan fingerprint density at radius 2 is 2.06 bits per heavy atom. The van der Waals surface area contributed by atoms with E-state index in [0.717, 1.165) is 0 Å². The second-order valence-corrected chi connectivity index (χ2v) is 8.19. The molecular weight excluding hydrogens is 463 g/mol. The molecule has 2 heterocycles. The van der Waals surface area contributed by atoms with Crippen molar-refractivity contribution in [1.29, 1.82) is 0 Å². The molecule has 0 aliphatic heterocycles. The van der Waals surface area contributed by atoms with Gasteiger partial charge in [0.1, 0.15) is 23.7 Å². The number of amides is 1. The molecule has 0 aliphatic rings. The maximum absolute atomic E-state index is 13.8. The van der Waals surface area contributed by atoms with E-state index in [9.17, 15) is 14.0 Å². The minimum Gasteiger partial charge on any atom is -0.490 e. The minimum atomic E-state index is -0.421. The summed E-state index contributed by atoms with van der Waals surface area (Å²) in [4.78, 5) is 37.7. The zero-order valence-electron chi connectivity index (χ0n) is 19.8. The van der Waals surface area contributed by atoms with Crippen LogP contribution in [0.25, 0.3) is 22.2 Å². The van der Waals surface area contributed by atoms with Gasteiger partial charge in [-0.15, -0.1) is 0 Å². The number of carbonyl (C=O) groups excluding carboxylic acids is 1. The number of nitrogens with zero attached hydrogens (tertiary/aromatic N) is 3. The zero-order valence-corrected chi connectivity index (χ0v) is 19.8. The number of rotatable bonds is 9. The first-order chi connectivity index (χ1) is 17.3. The molecule has 0 radical (unpaired) electrons. The van der Waals surface area contributed by atoms with Gasteiger partial charge in [-0.25, -0.2) is 14.4 Å². The van der Waals surface area contributed by atoms with E-state index in [1.54, 1.807) is 30.3 Å². The summed E-state index contributed by atoms with van der Waals surface area (Å²) >= 11 is 0. The van der Waals surface area contributed by atoms with Crippen molar-refractivity contribution >= 4 is 34.3 Å². The molecule has 0 spiro atoms. The first-order valence-corrected chi connectivity index (χ1v) is 11.1. The zero-order chi connectivity index (χ0) is 25.7. The van der Waals surface area contributed by atoms with Crippen LogP contribution in [0.5, 0.6) is 5.75 Å². The van der Waals surface area contributed by atoms with Crippen molar-refractivity contribution in [3.63, 3.8) is 0 Å². The van der Waals surface area contributed by atoms with E-state index in [1.165, 1.54) is 30.5 Å². The van der Waals surface area contributed by atoms with E-state index in [0.29, 0.717) is 52.4 Å². The van der Waals surface area contributed by atoms with Crippen molar-refractivity contribution < 1.29 is 13.9 Å². The summed E-state index contributed by atoms with van der Waals surface area (Å²) < 4.78 is 19.7. The highest BCUT2D eigenvalue weighted by Gasteiger charge is 2.12. The number of pyridine rings is 1. The van der Waals surface area contributed by atoms with Crippen molar-refractivity contribution in [3.05, 3.63) is 83.6 Å². The molecule has 0 atom stereocenters. The van der Waals surface area contributed by atoms with Crippen molar-refractivity contribution in [2.45, 2.75) is 0 Å². The molecule has 1 amide bonds. The van der Waals surface area contributed by atoms with Crippen molar-refractivity contribution in [2.24, 2.45) is 0 Å². The quantitative estimate of drug-likeness (QED) is 0.306. The predicted octanol–water partition coefficient (Wildman–Crippen LogP) is 3.93. The molecule has 10 heteroatoms. The lowest BCUT2D eigenvalue weighted by Crippen LogP contribution is -2.20. The summed E-state index contributed by atoms with van der Waals surface area (Å²) in [5.74, 6) is -0.0527. The van der Waals surface area contributed by atoms with Crippen molar-refractivity contribution in [2.75, 3.05) is 37.9 Å². The van der Waals surface area contributed by atoms with Crippen LogP contribution in [0.2, 0.25) is 0 Å². The van der Waals surface area contributed by atoms with Crippen LogP contribution in [0.1, 0.15) is 0 Å². The van der Waals surface area contributed by atoms with Gasteiger partial charge in [0.15, 0.2) is 0 Å². The molecule has 0 aliphatic carbocycles. The second kappa shape index (κ2) is 10.8. The number of hydrogen-bond acceptors (Lipinski definition) is 7. The number of ether oxygens (including phenoxy) is 1. The highest BCUT2D eigenvalue weighted by molar-refractivity contribution is 6.00. The molecule has 3 N–H and O–H groups in total. The Bertz CT molecular complexity index is 1480. The number of benzene rings is 2. The number of halogens is 1. The molecule has 0 fully saturated rings. The third-order valence-electron chi connectivity index (χ3n) is 5.19. The van der Waals surface area contributed by atoms with Gasteiger partial charge in [0.2, 0.25) is 17.4 Å². The number of fused-ring (bicyclic) bond motifs is 1. The number of aromatic nitrogens is 3. The molecule has 4 aromatic rings. The molecule has 2 aromatic carbocycles. The van der Waals surface area contributed by atoms with E-state index < -0.39 is 5.82 Å². The number of carbonyl (C=O) groups is 1. The lowest BCUT2D eigenvalue weighted by molar-refractivity contribution is -0.111. The second-order valence-electron chi connectivity index (χ2n) is 8.19. The summed E-state index contributed by atoms with van der Waals surface area (Å²) in [6.45, 7) is 4.63. The van der Waals surface area contributed by atoms with Gasteiger partial charge in [0.05, 0.1) is 17.4 Å². The molecule has 4 rings (SSSR count). The Hall–Kier alpha value is -4.57. The van der Waals surface area contributed by atoms with E-state index in [2.05, 4.69) is 32.2 Å². The number of hydrogen-bond donors (Lipinski definition) is 3. The van der Waals surface area contributed by atoms with Gasteiger partial charge in [-0.2, -0.15) is 0 Å². The number of nitrogens with one attached hydrogen (secondary N) is 3. The maximum atomic E-state index is 13.8. The van der Waals surface area contributed by atoms with Crippen LogP contribution >= 0.6 is 0 Å². The van der Waals surface area contributed by atoms with Gasteiger partial charge in [-0.1, -0.05) is 18.7 Å².